The van der Waals surface area contributed by atoms with E-state index in [1.165, 1.54) is 0 Å². The molecule has 102 valence electrons. The van der Waals surface area contributed by atoms with E-state index in [2.05, 4.69) is 14.9 Å². The maximum absolute atomic E-state index is 11.6. The van der Waals surface area contributed by atoms with Crippen LogP contribution in [0.1, 0.15) is 20.3 Å². The molecule has 1 aliphatic heterocycles. The monoisotopic (exact) mass is 263 g/mol. The summed E-state index contributed by atoms with van der Waals surface area (Å²) in [5.41, 5.74) is 0. The van der Waals surface area contributed by atoms with Crippen molar-refractivity contribution in [1.29, 1.82) is 0 Å². The average molecular weight is 263 g/mol. The molecule has 0 saturated carbocycles. The first-order chi connectivity index (χ1) is 7.99. The first-order valence-electron chi connectivity index (χ1n) is 6.40. The van der Waals surface area contributed by atoms with Crippen LogP contribution in [0, 0.1) is 5.92 Å². The zero-order chi connectivity index (χ0) is 12.7. The summed E-state index contributed by atoms with van der Waals surface area (Å²) < 4.78 is 25.8. The third-order valence-corrected chi connectivity index (χ3v) is 4.48. The largest absolute Gasteiger partial charge is 0.314 e. The summed E-state index contributed by atoms with van der Waals surface area (Å²) in [4.78, 5) is 2.37. The molecule has 2 N–H and O–H groups in total. The van der Waals surface area contributed by atoms with Gasteiger partial charge < -0.3 is 10.2 Å². The molecule has 1 aliphatic rings. The molecule has 0 amide bonds. The molecule has 0 aromatic rings. The van der Waals surface area contributed by atoms with Crippen LogP contribution >= 0.6 is 0 Å². The zero-order valence-electron chi connectivity index (χ0n) is 10.9. The fourth-order valence-corrected chi connectivity index (χ4v) is 3.41. The van der Waals surface area contributed by atoms with E-state index in [1.54, 1.807) is 0 Å². The summed E-state index contributed by atoms with van der Waals surface area (Å²) in [6.07, 6.45) is 0.886. The van der Waals surface area contributed by atoms with Gasteiger partial charge in [0.2, 0.25) is 10.0 Å². The Morgan fingerprint density at radius 3 is 2.53 bits per heavy atom. The molecule has 1 saturated heterocycles. The molecule has 0 spiro atoms. The summed E-state index contributed by atoms with van der Waals surface area (Å²) in [7, 11) is -3.06. The van der Waals surface area contributed by atoms with Crippen LogP contribution in [0.3, 0.4) is 0 Å². The fourth-order valence-electron chi connectivity index (χ4n) is 1.96. The van der Waals surface area contributed by atoms with E-state index < -0.39 is 10.0 Å². The van der Waals surface area contributed by atoms with Gasteiger partial charge in [-0.2, -0.15) is 0 Å². The van der Waals surface area contributed by atoms with Crippen molar-refractivity contribution in [2.45, 2.75) is 20.3 Å². The Balaban J connectivity index is 2.10. The van der Waals surface area contributed by atoms with Crippen molar-refractivity contribution in [1.82, 2.24) is 14.9 Å². The van der Waals surface area contributed by atoms with Crippen molar-refractivity contribution in [3.8, 4) is 0 Å². The lowest BCUT2D eigenvalue weighted by Crippen LogP contribution is -2.44. The second kappa shape index (κ2) is 7.31. The lowest BCUT2D eigenvalue weighted by atomic mass is 10.3. The van der Waals surface area contributed by atoms with E-state index in [0.717, 1.165) is 39.1 Å². The average Bonchev–Trinajstić information content (AvgIpc) is 2.24. The Bertz CT molecular complexity index is 298. The number of nitrogens with one attached hydrogen (secondary N) is 2. The summed E-state index contributed by atoms with van der Waals surface area (Å²) in [6.45, 7) is 9.58. The molecule has 17 heavy (non-hydrogen) atoms. The Morgan fingerprint density at radius 1 is 1.29 bits per heavy atom. The maximum Gasteiger partial charge on any atom is 0.211 e. The number of nitrogens with zero attached hydrogens (tertiary/aromatic N) is 1. The molecular weight excluding hydrogens is 238 g/mol. The van der Waals surface area contributed by atoms with Gasteiger partial charge in [-0.1, -0.05) is 13.8 Å². The van der Waals surface area contributed by atoms with Crippen molar-refractivity contribution >= 4 is 10.0 Å². The molecular formula is C11H25N3O2S. The third kappa shape index (κ3) is 6.98. The van der Waals surface area contributed by atoms with Gasteiger partial charge in [0.1, 0.15) is 0 Å². The van der Waals surface area contributed by atoms with Gasteiger partial charge in [-0.15, -0.1) is 0 Å². The van der Waals surface area contributed by atoms with E-state index in [1.807, 2.05) is 13.8 Å². The molecule has 0 aromatic heterocycles. The Kier molecular flexibility index (Phi) is 6.40. The normalized spacial score (nSPS) is 18.8. The molecule has 0 aliphatic carbocycles. The lowest BCUT2D eigenvalue weighted by Gasteiger charge is -2.27. The van der Waals surface area contributed by atoms with Crippen LogP contribution < -0.4 is 10.0 Å². The van der Waals surface area contributed by atoms with E-state index in [-0.39, 0.29) is 11.7 Å². The van der Waals surface area contributed by atoms with Crippen LogP contribution in [0.5, 0.6) is 0 Å². The molecule has 1 heterocycles. The lowest BCUT2D eigenvalue weighted by molar-refractivity contribution is 0.239. The minimum Gasteiger partial charge on any atom is -0.314 e. The number of hydrogen-bond acceptors (Lipinski definition) is 4. The van der Waals surface area contributed by atoms with Crippen molar-refractivity contribution < 1.29 is 8.42 Å². The molecule has 0 unspecified atom stereocenters. The quantitative estimate of drug-likeness (QED) is 0.628. The number of hydrogen-bond donors (Lipinski definition) is 2. The SMILES string of the molecule is CC(C)CS(=O)(=O)NCCCN1CCNCC1. The van der Waals surface area contributed by atoms with Crippen LogP contribution in [0.4, 0.5) is 0 Å². The highest BCUT2D eigenvalue weighted by Crippen LogP contribution is 1.98. The van der Waals surface area contributed by atoms with E-state index in [4.69, 9.17) is 0 Å². The van der Waals surface area contributed by atoms with E-state index >= 15 is 0 Å². The second-order valence-corrected chi connectivity index (χ2v) is 6.87. The van der Waals surface area contributed by atoms with Gasteiger partial charge >= 0.3 is 0 Å². The third-order valence-electron chi connectivity index (χ3n) is 2.74. The van der Waals surface area contributed by atoms with Crippen molar-refractivity contribution in [3.63, 3.8) is 0 Å². The van der Waals surface area contributed by atoms with Gasteiger partial charge in [0, 0.05) is 32.7 Å². The summed E-state index contributed by atoms with van der Waals surface area (Å²) in [5, 5.41) is 3.30. The maximum atomic E-state index is 11.6. The highest BCUT2D eigenvalue weighted by molar-refractivity contribution is 7.89. The Morgan fingerprint density at radius 2 is 1.94 bits per heavy atom. The molecule has 6 heteroatoms. The minimum atomic E-state index is -3.06. The molecule has 5 nitrogen and oxygen atoms in total. The van der Waals surface area contributed by atoms with Crippen LogP contribution in [-0.4, -0.2) is 58.3 Å². The van der Waals surface area contributed by atoms with Crippen molar-refractivity contribution in [3.05, 3.63) is 0 Å². The smallest absolute Gasteiger partial charge is 0.211 e. The standard InChI is InChI=1S/C11H25N3O2S/c1-11(2)10-17(15,16)13-4-3-7-14-8-5-12-6-9-14/h11-13H,3-10H2,1-2H3. The first kappa shape index (κ1) is 14.9. The van der Waals surface area contributed by atoms with Crippen molar-refractivity contribution in [2.75, 3.05) is 45.0 Å². The molecule has 1 fully saturated rings. The molecule has 1 rings (SSSR count). The van der Waals surface area contributed by atoms with Crippen LogP contribution in [-0.2, 0) is 10.0 Å². The predicted octanol–water partition coefficient (Wildman–Crippen LogP) is -0.143. The van der Waals surface area contributed by atoms with Crippen LogP contribution in [0.2, 0.25) is 0 Å². The minimum absolute atomic E-state index is 0.181. The van der Waals surface area contributed by atoms with E-state index in [9.17, 15) is 8.42 Å². The summed E-state index contributed by atoms with van der Waals surface area (Å²) in [6, 6.07) is 0. The summed E-state index contributed by atoms with van der Waals surface area (Å²) >= 11 is 0. The first-order valence-corrected chi connectivity index (χ1v) is 8.05. The van der Waals surface area contributed by atoms with Gasteiger partial charge in [-0.05, 0) is 18.9 Å². The Labute approximate surface area is 105 Å². The molecule has 0 bridgehead atoms. The van der Waals surface area contributed by atoms with Gasteiger partial charge in [0.25, 0.3) is 0 Å². The highest BCUT2D eigenvalue weighted by Gasteiger charge is 2.12. The Hall–Kier alpha value is -0.170. The number of rotatable bonds is 7. The predicted molar refractivity (Wildman–Crippen MR) is 70.6 cm³/mol. The van der Waals surface area contributed by atoms with Crippen molar-refractivity contribution in [2.24, 2.45) is 5.92 Å². The number of piperazine rings is 1. The topological polar surface area (TPSA) is 61.4 Å². The molecule has 0 aromatic carbocycles. The molecule has 0 atom stereocenters. The van der Waals surface area contributed by atoms with Gasteiger partial charge in [0.05, 0.1) is 5.75 Å². The van der Waals surface area contributed by atoms with E-state index in [0.29, 0.717) is 6.54 Å². The molecule has 0 radical (unpaired) electrons. The van der Waals surface area contributed by atoms with Gasteiger partial charge in [0.15, 0.2) is 0 Å². The fraction of sp³-hybridized carbons (Fsp3) is 1.00. The van der Waals surface area contributed by atoms with Gasteiger partial charge in [-0.25, -0.2) is 13.1 Å². The number of sulfonamides is 1. The second-order valence-electron chi connectivity index (χ2n) is 5.01. The van der Waals surface area contributed by atoms with Crippen LogP contribution in [0.15, 0.2) is 0 Å². The zero-order valence-corrected chi connectivity index (χ0v) is 11.7. The highest BCUT2D eigenvalue weighted by atomic mass is 32.2. The van der Waals surface area contributed by atoms with Crippen LogP contribution in [0.25, 0.3) is 0 Å². The summed E-state index contributed by atoms with van der Waals surface area (Å²) in [5.74, 6) is 0.404. The van der Waals surface area contributed by atoms with Gasteiger partial charge in [-0.3, -0.25) is 0 Å².